The summed E-state index contributed by atoms with van der Waals surface area (Å²) in [6.07, 6.45) is 5.48. The Morgan fingerprint density at radius 2 is 2.12 bits per heavy atom. The lowest BCUT2D eigenvalue weighted by atomic mass is 9.70. The topological polar surface area (TPSA) is 36.1 Å². The average molecular weight is 324 g/mol. The van der Waals surface area contributed by atoms with E-state index in [9.17, 15) is 4.79 Å². The zero-order valence-corrected chi connectivity index (χ0v) is 15.1. The largest absolute Gasteiger partial charge is 0.356 e. The lowest BCUT2D eigenvalue weighted by Crippen LogP contribution is -2.58. The number of H-pyrrole nitrogens is 1. The van der Waals surface area contributed by atoms with Gasteiger partial charge in [-0.1, -0.05) is 38.5 Å². The van der Waals surface area contributed by atoms with Crippen LogP contribution in [0.1, 0.15) is 57.7 Å². The van der Waals surface area contributed by atoms with Gasteiger partial charge in [0, 0.05) is 29.1 Å². The van der Waals surface area contributed by atoms with Gasteiger partial charge in [-0.2, -0.15) is 0 Å². The molecule has 0 spiro atoms. The Morgan fingerprint density at radius 3 is 2.92 bits per heavy atom. The highest BCUT2D eigenvalue weighted by Crippen LogP contribution is 2.49. The first-order chi connectivity index (χ1) is 11.6. The minimum absolute atomic E-state index is 0.153. The van der Waals surface area contributed by atoms with E-state index in [1.54, 1.807) is 0 Å². The van der Waals surface area contributed by atoms with Crippen LogP contribution < -0.4 is 0 Å². The number of aromatic amines is 1. The number of amides is 1. The van der Waals surface area contributed by atoms with Crippen molar-refractivity contribution < 1.29 is 4.79 Å². The number of benzene rings is 1. The summed E-state index contributed by atoms with van der Waals surface area (Å²) in [5, 5.41) is 1.34. The van der Waals surface area contributed by atoms with Crippen LogP contribution in [0.2, 0.25) is 0 Å². The average Bonchev–Trinajstić information content (AvgIpc) is 2.88. The third kappa shape index (κ3) is 2.06. The van der Waals surface area contributed by atoms with Crippen molar-refractivity contribution in [3.63, 3.8) is 0 Å². The molecule has 0 radical (unpaired) electrons. The molecule has 1 saturated heterocycles. The number of nitrogens with zero attached hydrogens (tertiary/aromatic N) is 1. The molecule has 24 heavy (non-hydrogen) atoms. The molecule has 0 unspecified atom stereocenters. The van der Waals surface area contributed by atoms with Gasteiger partial charge in [-0.25, -0.2) is 0 Å². The summed E-state index contributed by atoms with van der Waals surface area (Å²) in [4.78, 5) is 18.9. The molecule has 3 heteroatoms. The maximum absolute atomic E-state index is 13.0. The smallest absolute Gasteiger partial charge is 0.226 e. The van der Waals surface area contributed by atoms with Crippen molar-refractivity contribution in [1.82, 2.24) is 9.88 Å². The summed E-state index contributed by atoms with van der Waals surface area (Å²) in [5.74, 6) is 1.03. The predicted octanol–water partition coefficient (Wildman–Crippen LogP) is 4.61. The Kier molecular flexibility index (Phi) is 3.70. The van der Waals surface area contributed by atoms with Crippen LogP contribution in [0.5, 0.6) is 0 Å². The van der Waals surface area contributed by atoms with Gasteiger partial charge in [-0.15, -0.1) is 0 Å². The number of aromatic nitrogens is 1. The van der Waals surface area contributed by atoms with Gasteiger partial charge >= 0.3 is 0 Å². The summed E-state index contributed by atoms with van der Waals surface area (Å²) in [7, 11) is 0. The predicted molar refractivity (Wildman–Crippen MR) is 97.9 cm³/mol. The molecular weight excluding hydrogens is 296 g/mol. The highest BCUT2D eigenvalue weighted by Gasteiger charge is 2.51. The molecule has 0 bridgehead atoms. The number of nitrogens with one attached hydrogen (secondary N) is 1. The van der Waals surface area contributed by atoms with E-state index in [0.29, 0.717) is 11.8 Å². The summed E-state index contributed by atoms with van der Waals surface area (Å²) < 4.78 is 0. The molecule has 1 N–H and O–H groups in total. The first-order valence-electron chi connectivity index (χ1n) is 9.49. The minimum atomic E-state index is -0.190. The molecule has 0 aliphatic carbocycles. The SMILES string of the molecule is CCC[C@H]1C[C@H](C)C(=O)N2CCCc3c([nH]c4ccccc34)[C@@]12C. The first kappa shape index (κ1) is 15.7. The number of fused-ring (bicyclic) bond motifs is 5. The van der Waals surface area contributed by atoms with Crippen LogP contribution in [0.3, 0.4) is 0 Å². The van der Waals surface area contributed by atoms with E-state index in [2.05, 4.69) is 54.9 Å². The normalized spacial score (nSPS) is 30.1. The molecule has 1 amide bonds. The fourth-order valence-electron chi connectivity index (χ4n) is 5.21. The lowest BCUT2D eigenvalue weighted by molar-refractivity contribution is -0.152. The Morgan fingerprint density at radius 1 is 1.33 bits per heavy atom. The van der Waals surface area contributed by atoms with Crippen LogP contribution in [0.4, 0.5) is 0 Å². The van der Waals surface area contributed by atoms with E-state index in [1.165, 1.54) is 35.0 Å². The number of hydrogen-bond donors (Lipinski definition) is 1. The monoisotopic (exact) mass is 324 g/mol. The van der Waals surface area contributed by atoms with Crippen LogP contribution in [0, 0.1) is 11.8 Å². The molecule has 128 valence electrons. The Bertz CT molecular complexity index is 777. The van der Waals surface area contributed by atoms with Crippen molar-refractivity contribution in [1.29, 1.82) is 0 Å². The van der Waals surface area contributed by atoms with E-state index < -0.39 is 0 Å². The molecule has 0 saturated carbocycles. The molecule has 1 aromatic heterocycles. The van der Waals surface area contributed by atoms with Gasteiger partial charge < -0.3 is 9.88 Å². The highest BCUT2D eigenvalue weighted by molar-refractivity contribution is 5.87. The maximum Gasteiger partial charge on any atom is 0.226 e. The maximum atomic E-state index is 13.0. The highest BCUT2D eigenvalue weighted by atomic mass is 16.2. The van der Waals surface area contributed by atoms with Gasteiger partial charge in [0.15, 0.2) is 0 Å². The first-order valence-corrected chi connectivity index (χ1v) is 9.49. The molecule has 3 atom stereocenters. The minimum Gasteiger partial charge on any atom is -0.356 e. The van der Waals surface area contributed by atoms with E-state index in [4.69, 9.17) is 0 Å². The number of para-hydroxylation sites is 1. The molecule has 4 rings (SSSR count). The van der Waals surface area contributed by atoms with E-state index in [0.717, 1.165) is 25.8 Å². The summed E-state index contributed by atoms with van der Waals surface area (Å²) >= 11 is 0. The zero-order valence-electron chi connectivity index (χ0n) is 15.1. The Labute approximate surface area is 144 Å². The van der Waals surface area contributed by atoms with Crippen LogP contribution in [-0.4, -0.2) is 22.3 Å². The van der Waals surface area contributed by atoms with Gasteiger partial charge in [0.25, 0.3) is 0 Å². The quantitative estimate of drug-likeness (QED) is 0.860. The second-order valence-electron chi connectivity index (χ2n) is 7.89. The van der Waals surface area contributed by atoms with Gasteiger partial charge in [0.2, 0.25) is 5.91 Å². The summed E-state index contributed by atoms with van der Waals surface area (Å²) in [6.45, 7) is 7.58. The fourth-order valence-corrected chi connectivity index (χ4v) is 5.21. The second-order valence-corrected chi connectivity index (χ2v) is 7.89. The van der Waals surface area contributed by atoms with Crippen LogP contribution >= 0.6 is 0 Å². The van der Waals surface area contributed by atoms with Crippen molar-refractivity contribution >= 4 is 16.8 Å². The third-order valence-corrected chi connectivity index (χ3v) is 6.45. The number of rotatable bonds is 2. The molecule has 3 nitrogen and oxygen atoms in total. The molecular formula is C21H28N2O. The summed E-state index contributed by atoms with van der Waals surface area (Å²) in [6, 6.07) is 8.61. The lowest BCUT2D eigenvalue weighted by Gasteiger charge is -2.51. The number of piperidine rings is 1. The zero-order chi connectivity index (χ0) is 16.9. The number of carbonyl (C=O) groups excluding carboxylic acids is 1. The molecule has 1 fully saturated rings. The molecule has 2 aromatic rings. The number of aryl methyl sites for hydroxylation is 1. The Balaban J connectivity index is 1.94. The van der Waals surface area contributed by atoms with E-state index >= 15 is 0 Å². The van der Waals surface area contributed by atoms with E-state index in [1.807, 2.05) is 0 Å². The van der Waals surface area contributed by atoms with Crippen molar-refractivity contribution in [2.45, 2.75) is 58.4 Å². The molecule has 3 heterocycles. The number of carbonyl (C=O) groups is 1. The van der Waals surface area contributed by atoms with Crippen LogP contribution in [0.25, 0.3) is 10.9 Å². The second kappa shape index (κ2) is 5.65. The van der Waals surface area contributed by atoms with Gasteiger partial charge in [-0.05, 0) is 50.2 Å². The number of hydrogen-bond acceptors (Lipinski definition) is 1. The van der Waals surface area contributed by atoms with E-state index in [-0.39, 0.29) is 11.5 Å². The molecule has 1 aromatic carbocycles. The van der Waals surface area contributed by atoms with Gasteiger partial charge in [-0.3, -0.25) is 4.79 Å². The summed E-state index contributed by atoms with van der Waals surface area (Å²) in [5.41, 5.74) is 3.77. The molecule has 2 aliphatic rings. The van der Waals surface area contributed by atoms with Gasteiger partial charge in [0.1, 0.15) is 0 Å². The van der Waals surface area contributed by atoms with Crippen molar-refractivity contribution in [2.24, 2.45) is 11.8 Å². The molecule has 2 aliphatic heterocycles. The fraction of sp³-hybridized carbons (Fsp3) is 0.571. The third-order valence-electron chi connectivity index (χ3n) is 6.45. The van der Waals surface area contributed by atoms with Crippen molar-refractivity contribution in [3.05, 3.63) is 35.5 Å². The Hall–Kier alpha value is -1.77. The van der Waals surface area contributed by atoms with Crippen LogP contribution in [0.15, 0.2) is 24.3 Å². The van der Waals surface area contributed by atoms with Crippen LogP contribution in [-0.2, 0) is 16.8 Å². The van der Waals surface area contributed by atoms with Gasteiger partial charge in [0.05, 0.1) is 5.54 Å². The standard InChI is InChI=1S/C21H28N2O/c1-4-8-15-13-14(2)20(24)23-12-7-10-17-16-9-5-6-11-18(16)22-19(17)21(15,23)3/h5-6,9,11,14-15,22H,4,7-8,10,12-13H2,1-3H3/t14-,15-,21+/m0/s1. The van der Waals surface area contributed by atoms with Crippen molar-refractivity contribution in [2.75, 3.05) is 6.54 Å². The van der Waals surface area contributed by atoms with Crippen molar-refractivity contribution in [3.8, 4) is 0 Å².